The molecule has 6 heteroatoms. The van der Waals surface area contributed by atoms with Gasteiger partial charge in [0.15, 0.2) is 0 Å². The standard InChI is InChI=1S/C12H21N3O3/c13-9-2-5-15(7-9)11(18)14-8-12(3-1-4-12)6-10(16)17/h9H,1-8,13H2,(H,14,18)(H,16,17). The zero-order valence-electron chi connectivity index (χ0n) is 10.5. The van der Waals surface area contributed by atoms with Crippen molar-refractivity contribution in [3.63, 3.8) is 0 Å². The summed E-state index contributed by atoms with van der Waals surface area (Å²) in [6, 6.07) is -0.0351. The van der Waals surface area contributed by atoms with Crippen molar-refractivity contribution in [2.45, 2.75) is 38.1 Å². The molecule has 0 spiro atoms. The molecule has 0 aromatic rings. The topological polar surface area (TPSA) is 95.7 Å². The summed E-state index contributed by atoms with van der Waals surface area (Å²) in [6.07, 6.45) is 3.82. The van der Waals surface area contributed by atoms with Gasteiger partial charge >= 0.3 is 12.0 Å². The third kappa shape index (κ3) is 2.93. The van der Waals surface area contributed by atoms with Gasteiger partial charge in [-0.05, 0) is 24.7 Å². The predicted octanol–water partition coefficient (Wildman–Crippen LogP) is 0.374. The second-order valence-electron chi connectivity index (χ2n) is 5.58. The SMILES string of the molecule is NC1CCN(C(=O)NCC2(CC(=O)O)CCC2)C1. The molecule has 0 bridgehead atoms. The van der Waals surface area contributed by atoms with Gasteiger partial charge in [0.2, 0.25) is 0 Å². The summed E-state index contributed by atoms with van der Waals surface area (Å²) in [7, 11) is 0. The Labute approximate surface area is 107 Å². The quantitative estimate of drug-likeness (QED) is 0.676. The third-order valence-electron chi connectivity index (χ3n) is 4.07. The number of nitrogens with zero attached hydrogens (tertiary/aromatic N) is 1. The molecule has 1 aliphatic carbocycles. The molecule has 0 radical (unpaired) electrons. The van der Waals surface area contributed by atoms with E-state index in [9.17, 15) is 9.59 Å². The van der Waals surface area contributed by atoms with E-state index in [1.165, 1.54) is 0 Å². The Hall–Kier alpha value is -1.30. The third-order valence-corrected chi connectivity index (χ3v) is 4.07. The number of nitrogens with one attached hydrogen (secondary N) is 1. The van der Waals surface area contributed by atoms with Crippen molar-refractivity contribution in [1.29, 1.82) is 0 Å². The Morgan fingerprint density at radius 3 is 2.61 bits per heavy atom. The van der Waals surface area contributed by atoms with Gasteiger partial charge in [-0.3, -0.25) is 4.79 Å². The number of rotatable bonds is 4. The van der Waals surface area contributed by atoms with Crippen LogP contribution in [0.15, 0.2) is 0 Å². The molecule has 2 fully saturated rings. The van der Waals surface area contributed by atoms with Gasteiger partial charge in [-0.15, -0.1) is 0 Å². The highest BCUT2D eigenvalue weighted by atomic mass is 16.4. The molecule has 1 aliphatic heterocycles. The molecule has 1 saturated carbocycles. The van der Waals surface area contributed by atoms with Crippen LogP contribution in [-0.4, -0.2) is 47.7 Å². The minimum Gasteiger partial charge on any atom is -0.481 e. The van der Waals surface area contributed by atoms with Crippen LogP contribution in [0, 0.1) is 5.41 Å². The molecule has 4 N–H and O–H groups in total. The van der Waals surface area contributed by atoms with E-state index in [0.717, 1.165) is 25.7 Å². The molecule has 1 heterocycles. The summed E-state index contributed by atoms with van der Waals surface area (Å²) in [5, 5.41) is 11.7. The fraction of sp³-hybridized carbons (Fsp3) is 0.833. The first-order valence-corrected chi connectivity index (χ1v) is 6.51. The normalized spacial score (nSPS) is 25.6. The maximum atomic E-state index is 11.9. The highest BCUT2D eigenvalue weighted by molar-refractivity contribution is 5.75. The van der Waals surface area contributed by atoms with Crippen LogP contribution in [0.4, 0.5) is 4.79 Å². The number of carbonyl (C=O) groups excluding carboxylic acids is 1. The van der Waals surface area contributed by atoms with Gasteiger partial charge < -0.3 is 21.1 Å². The number of carboxylic acids is 1. The number of likely N-dealkylation sites (tertiary alicyclic amines) is 1. The van der Waals surface area contributed by atoms with E-state index >= 15 is 0 Å². The molecule has 1 saturated heterocycles. The van der Waals surface area contributed by atoms with Crippen LogP contribution in [0.25, 0.3) is 0 Å². The number of aliphatic carboxylic acids is 1. The number of carboxylic acid groups (broad SMARTS) is 1. The number of hydrogen-bond acceptors (Lipinski definition) is 3. The fourth-order valence-electron chi connectivity index (χ4n) is 2.76. The van der Waals surface area contributed by atoms with E-state index in [-0.39, 0.29) is 23.9 Å². The van der Waals surface area contributed by atoms with Crippen molar-refractivity contribution in [2.75, 3.05) is 19.6 Å². The Bertz CT molecular complexity index is 341. The molecule has 1 unspecified atom stereocenters. The van der Waals surface area contributed by atoms with E-state index in [1.54, 1.807) is 4.90 Å². The van der Waals surface area contributed by atoms with Crippen molar-refractivity contribution < 1.29 is 14.7 Å². The number of nitrogens with two attached hydrogens (primary N) is 1. The highest BCUT2D eigenvalue weighted by Gasteiger charge is 2.39. The zero-order valence-corrected chi connectivity index (χ0v) is 10.5. The van der Waals surface area contributed by atoms with Crippen molar-refractivity contribution in [3.05, 3.63) is 0 Å². The van der Waals surface area contributed by atoms with Crippen LogP contribution in [0.1, 0.15) is 32.1 Å². The fourth-order valence-corrected chi connectivity index (χ4v) is 2.76. The van der Waals surface area contributed by atoms with Crippen molar-refractivity contribution >= 4 is 12.0 Å². The van der Waals surface area contributed by atoms with Crippen molar-refractivity contribution in [1.82, 2.24) is 10.2 Å². The average molecular weight is 255 g/mol. The minimum absolute atomic E-state index is 0.0763. The highest BCUT2D eigenvalue weighted by Crippen LogP contribution is 2.43. The Balaban J connectivity index is 1.79. The Morgan fingerprint density at radius 1 is 1.44 bits per heavy atom. The van der Waals surface area contributed by atoms with E-state index < -0.39 is 5.97 Å². The molecule has 102 valence electrons. The number of urea groups is 1. The zero-order chi connectivity index (χ0) is 13.2. The summed E-state index contributed by atoms with van der Waals surface area (Å²) in [6.45, 7) is 1.75. The summed E-state index contributed by atoms with van der Waals surface area (Å²) in [5.74, 6) is -0.785. The van der Waals surface area contributed by atoms with Crippen molar-refractivity contribution in [3.8, 4) is 0 Å². The molecule has 1 atom stereocenters. The first-order chi connectivity index (χ1) is 8.51. The smallest absolute Gasteiger partial charge is 0.317 e. The van der Waals surface area contributed by atoms with Gasteiger partial charge in [-0.1, -0.05) is 6.42 Å². The maximum absolute atomic E-state index is 11.9. The molecule has 0 aromatic carbocycles. The van der Waals surface area contributed by atoms with Crippen LogP contribution in [0.5, 0.6) is 0 Å². The van der Waals surface area contributed by atoms with Crippen LogP contribution in [0.3, 0.4) is 0 Å². The average Bonchev–Trinajstić information content (AvgIpc) is 2.68. The molecular weight excluding hydrogens is 234 g/mol. The Kier molecular flexibility index (Phi) is 3.75. The summed E-state index contributed by atoms with van der Waals surface area (Å²) < 4.78 is 0. The van der Waals surface area contributed by atoms with E-state index in [0.29, 0.717) is 19.6 Å². The van der Waals surface area contributed by atoms with Crippen LogP contribution in [0.2, 0.25) is 0 Å². The lowest BCUT2D eigenvalue weighted by Gasteiger charge is -2.41. The van der Waals surface area contributed by atoms with Gasteiger partial charge in [0.25, 0.3) is 0 Å². The number of carbonyl (C=O) groups is 2. The van der Waals surface area contributed by atoms with E-state index in [1.807, 2.05) is 0 Å². The van der Waals surface area contributed by atoms with Gasteiger partial charge in [0.1, 0.15) is 0 Å². The minimum atomic E-state index is -0.785. The summed E-state index contributed by atoms with van der Waals surface area (Å²) in [4.78, 5) is 24.4. The van der Waals surface area contributed by atoms with Crippen molar-refractivity contribution in [2.24, 2.45) is 11.1 Å². The molecule has 2 rings (SSSR count). The summed E-state index contributed by atoms with van der Waals surface area (Å²) in [5.41, 5.74) is 5.53. The molecule has 2 amide bonds. The molecular formula is C12H21N3O3. The van der Waals surface area contributed by atoms with E-state index in [4.69, 9.17) is 10.8 Å². The summed E-state index contributed by atoms with van der Waals surface area (Å²) >= 11 is 0. The lowest BCUT2D eigenvalue weighted by molar-refractivity contribution is -0.141. The van der Waals surface area contributed by atoms with Crippen LogP contribution >= 0.6 is 0 Å². The number of hydrogen-bond donors (Lipinski definition) is 3. The lowest BCUT2D eigenvalue weighted by Crippen LogP contribution is -2.47. The van der Waals surface area contributed by atoms with Gasteiger partial charge in [-0.2, -0.15) is 0 Å². The van der Waals surface area contributed by atoms with Crippen LogP contribution in [-0.2, 0) is 4.79 Å². The first-order valence-electron chi connectivity index (χ1n) is 6.51. The lowest BCUT2D eigenvalue weighted by atomic mass is 9.66. The largest absolute Gasteiger partial charge is 0.481 e. The van der Waals surface area contributed by atoms with Crippen LogP contribution < -0.4 is 11.1 Å². The second-order valence-corrected chi connectivity index (χ2v) is 5.58. The van der Waals surface area contributed by atoms with Gasteiger partial charge in [-0.25, -0.2) is 4.79 Å². The maximum Gasteiger partial charge on any atom is 0.317 e. The second kappa shape index (κ2) is 5.14. The van der Waals surface area contributed by atoms with Gasteiger partial charge in [0, 0.05) is 25.7 Å². The Morgan fingerprint density at radius 2 is 2.17 bits per heavy atom. The predicted molar refractivity (Wildman–Crippen MR) is 66.1 cm³/mol. The molecule has 0 aromatic heterocycles. The monoisotopic (exact) mass is 255 g/mol. The number of amides is 2. The van der Waals surface area contributed by atoms with Gasteiger partial charge in [0.05, 0.1) is 6.42 Å². The molecule has 18 heavy (non-hydrogen) atoms. The van der Waals surface area contributed by atoms with E-state index in [2.05, 4.69) is 5.32 Å². The molecule has 6 nitrogen and oxygen atoms in total. The molecule has 2 aliphatic rings. The first kappa shape index (κ1) is 13.1.